The van der Waals surface area contributed by atoms with E-state index in [1.165, 1.54) is 31.4 Å². The number of carbonyl (C=O) groups excluding carboxylic acids is 1. The van der Waals surface area contributed by atoms with Crippen LogP contribution in [0.4, 0.5) is 24.5 Å². The predicted molar refractivity (Wildman–Crippen MR) is 134 cm³/mol. The summed E-state index contributed by atoms with van der Waals surface area (Å²) in [5.74, 6) is -0.951. The van der Waals surface area contributed by atoms with Gasteiger partial charge in [0, 0.05) is 0 Å². The van der Waals surface area contributed by atoms with Gasteiger partial charge in [0.1, 0.15) is 17.2 Å². The van der Waals surface area contributed by atoms with Crippen LogP contribution in [0.1, 0.15) is 11.1 Å². The molecule has 0 saturated carbocycles. The second-order valence-electron chi connectivity index (χ2n) is 7.51. The monoisotopic (exact) mass is 580 g/mol. The smallest absolute Gasteiger partial charge is 0.416 e. The summed E-state index contributed by atoms with van der Waals surface area (Å²) < 4.78 is 73.3. The van der Waals surface area contributed by atoms with E-state index in [9.17, 15) is 26.4 Å². The number of benzene rings is 3. The Kier molecular flexibility index (Phi) is 8.34. The van der Waals surface area contributed by atoms with Crippen LogP contribution in [0.2, 0.25) is 15.1 Å². The van der Waals surface area contributed by atoms with E-state index in [4.69, 9.17) is 39.5 Å². The van der Waals surface area contributed by atoms with E-state index >= 15 is 0 Å². The summed E-state index contributed by atoms with van der Waals surface area (Å²) in [6.45, 7) is 0.739. The van der Waals surface area contributed by atoms with Crippen molar-refractivity contribution in [2.24, 2.45) is 0 Å². The Balaban J connectivity index is 2.10. The number of nitrogens with zero attached hydrogens (tertiary/aromatic N) is 1. The lowest BCUT2D eigenvalue weighted by Gasteiger charge is -2.26. The van der Waals surface area contributed by atoms with Crippen molar-refractivity contribution in [2.75, 3.05) is 23.3 Å². The predicted octanol–water partition coefficient (Wildman–Crippen LogP) is 6.82. The molecule has 192 valence electrons. The van der Waals surface area contributed by atoms with Crippen LogP contribution in [0.15, 0.2) is 59.5 Å². The Morgan fingerprint density at radius 2 is 1.67 bits per heavy atom. The fourth-order valence-electron chi connectivity index (χ4n) is 3.20. The van der Waals surface area contributed by atoms with Crippen LogP contribution in [0, 0.1) is 6.92 Å². The maximum atomic E-state index is 13.7. The van der Waals surface area contributed by atoms with Crippen LogP contribution in [0.5, 0.6) is 5.75 Å². The fourth-order valence-corrected chi connectivity index (χ4v) is 5.45. The molecule has 0 bridgehead atoms. The number of aryl methyl sites for hydroxylation is 1. The quantitative estimate of drug-likeness (QED) is 0.311. The van der Waals surface area contributed by atoms with Crippen molar-refractivity contribution in [3.63, 3.8) is 0 Å². The van der Waals surface area contributed by atoms with Crippen molar-refractivity contribution >= 4 is 62.1 Å². The second kappa shape index (κ2) is 10.8. The molecule has 0 radical (unpaired) electrons. The number of carbonyl (C=O) groups is 1. The summed E-state index contributed by atoms with van der Waals surface area (Å²) in [7, 11) is -3.35. The number of methoxy groups -OCH3 is 1. The summed E-state index contributed by atoms with van der Waals surface area (Å²) in [5, 5.41) is 2.63. The lowest BCUT2D eigenvalue weighted by atomic mass is 10.2. The molecule has 0 aliphatic carbocycles. The highest BCUT2D eigenvalue weighted by atomic mass is 35.5. The minimum absolute atomic E-state index is 0.0200. The summed E-state index contributed by atoms with van der Waals surface area (Å²) in [6, 6.07) is 10.5. The van der Waals surface area contributed by atoms with E-state index in [1.807, 2.05) is 0 Å². The van der Waals surface area contributed by atoms with Gasteiger partial charge >= 0.3 is 6.18 Å². The molecule has 0 aliphatic heterocycles. The first kappa shape index (κ1) is 27.9. The number of sulfonamides is 1. The summed E-state index contributed by atoms with van der Waals surface area (Å²) in [5.41, 5.74) is -0.899. The molecule has 1 amide bonds. The Labute approximate surface area is 220 Å². The molecule has 3 aromatic rings. The minimum atomic E-state index is -4.75. The third-order valence-electron chi connectivity index (χ3n) is 4.92. The number of nitrogens with one attached hydrogen (secondary N) is 1. The van der Waals surface area contributed by atoms with Crippen molar-refractivity contribution in [1.82, 2.24) is 0 Å². The molecule has 0 spiro atoms. The maximum Gasteiger partial charge on any atom is 0.416 e. The highest BCUT2D eigenvalue weighted by molar-refractivity contribution is 7.93. The lowest BCUT2D eigenvalue weighted by Crippen LogP contribution is -2.38. The van der Waals surface area contributed by atoms with Crippen LogP contribution in [0.3, 0.4) is 0 Å². The third kappa shape index (κ3) is 6.18. The van der Waals surface area contributed by atoms with E-state index in [-0.39, 0.29) is 37.1 Å². The number of rotatable bonds is 7. The van der Waals surface area contributed by atoms with Gasteiger partial charge in [-0.25, -0.2) is 8.42 Å². The maximum absolute atomic E-state index is 13.7. The van der Waals surface area contributed by atoms with Crippen LogP contribution < -0.4 is 14.4 Å². The number of alkyl halides is 3. The zero-order chi connectivity index (χ0) is 26.8. The van der Waals surface area contributed by atoms with E-state index in [2.05, 4.69) is 5.32 Å². The molecule has 3 aromatic carbocycles. The van der Waals surface area contributed by atoms with Gasteiger partial charge < -0.3 is 10.1 Å². The largest absolute Gasteiger partial charge is 0.495 e. The van der Waals surface area contributed by atoms with Gasteiger partial charge in [-0.1, -0.05) is 46.9 Å². The Bertz CT molecular complexity index is 1420. The normalized spacial score (nSPS) is 11.8. The number of ether oxygens (including phenoxy) is 1. The van der Waals surface area contributed by atoms with E-state index < -0.39 is 34.2 Å². The molecular formula is C23H18Cl3F3N2O4S. The molecule has 0 fully saturated rings. The first-order valence-electron chi connectivity index (χ1n) is 10.0. The van der Waals surface area contributed by atoms with Crippen LogP contribution in [0.25, 0.3) is 0 Å². The van der Waals surface area contributed by atoms with Gasteiger partial charge in [0.15, 0.2) is 0 Å². The first-order valence-corrected chi connectivity index (χ1v) is 12.6. The molecule has 13 heteroatoms. The molecular weight excluding hydrogens is 564 g/mol. The molecule has 3 rings (SSSR count). The Hall–Kier alpha value is -2.66. The second-order valence-corrected chi connectivity index (χ2v) is 10.6. The number of hydrogen-bond acceptors (Lipinski definition) is 4. The van der Waals surface area contributed by atoms with Crippen molar-refractivity contribution in [3.8, 4) is 5.75 Å². The third-order valence-corrected chi connectivity index (χ3v) is 7.75. The molecule has 1 N–H and O–H groups in total. The summed E-state index contributed by atoms with van der Waals surface area (Å²) in [4.78, 5) is 12.6. The van der Waals surface area contributed by atoms with Crippen molar-refractivity contribution < 1.29 is 31.1 Å². The van der Waals surface area contributed by atoms with Gasteiger partial charge in [-0.15, -0.1) is 0 Å². The lowest BCUT2D eigenvalue weighted by molar-refractivity contribution is -0.137. The van der Waals surface area contributed by atoms with Crippen LogP contribution in [-0.2, 0) is 21.0 Å². The average molecular weight is 582 g/mol. The van der Waals surface area contributed by atoms with Gasteiger partial charge in [0.05, 0.1) is 39.1 Å². The molecule has 0 unspecified atom stereocenters. The number of amides is 1. The standard InChI is InChI=1S/C23H18Cl3F3N2O4S/c1-13-6-7-20(35-2)21(8-13)36(33,34)31(15-5-3-4-14(9-15)23(27,28)29)12-22(32)30-19-11-17(25)16(24)10-18(19)26/h3-11H,12H2,1-2H3,(H,30,32). The van der Waals surface area contributed by atoms with Gasteiger partial charge in [-0.3, -0.25) is 9.10 Å². The molecule has 0 atom stereocenters. The summed E-state index contributed by atoms with van der Waals surface area (Å²) in [6.07, 6.45) is -4.75. The first-order chi connectivity index (χ1) is 16.7. The Morgan fingerprint density at radius 1 is 1.00 bits per heavy atom. The highest BCUT2D eigenvalue weighted by Crippen LogP contribution is 2.36. The zero-order valence-electron chi connectivity index (χ0n) is 18.7. The van der Waals surface area contributed by atoms with Crippen LogP contribution >= 0.6 is 34.8 Å². The van der Waals surface area contributed by atoms with Crippen LogP contribution in [-0.4, -0.2) is 28.0 Å². The molecule has 0 aromatic heterocycles. The van der Waals surface area contributed by atoms with Crippen molar-refractivity contribution in [1.29, 1.82) is 0 Å². The van der Waals surface area contributed by atoms with Gasteiger partial charge in [-0.05, 0) is 55.0 Å². The molecule has 0 saturated heterocycles. The fraction of sp³-hybridized carbons (Fsp3) is 0.174. The van der Waals surface area contributed by atoms with E-state index in [0.29, 0.717) is 15.9 Å². The van der Waals surface area contributed by atoms with Crippen molar-refractivity contribution in [2.45, 2.75) is 18.0 Å². The Morgan fingerprint density at radius 3 is 2.31 bits per heavy atom. The average Bonchev–Trinajstić information content (AvgIpc) is 2.80. The van der Waals surface area contributed by atoms with E-state index in [1.54, 1.807) is 13.0 Å². The summed E-state index contributed by atoms with van der Waals surface area (Å²) >= 11 is 17.9. The molecule has 36 heavy (non-hydrogen) atoms. The van der Waals surface area contributed by atoms with Gasteiger partial charge in [0.25, 0.3) is 10.0 Å². The topological polar surface area (TPSA) is 75.7 Å². The van der Waals surface area contributed by atoms with Crippen molar-refractivity contribution in [3.05, 3.63) is 80.8 Å². The number of hydrogen-bond donors (Lipinski definition) is 1. The van der Waals surface area contributed by atoms with Gasteiger partial charge in [-0.2, -0.15) is 13.2 Å². The number of anilines is 2. The minimum Gasteiger partial charge on any atom is -0.495 e. The highest BCUT2D eigenvalue weighted by Gasteiger charge is 2.34. The molecule has 6 nitrogen and oxygen atoms in total. The van der Waals surface area contributed by atoms with E-state index in [0.717, 1.165) is 18.2 Å². The molecule has 0 aliphatic rings. The SMILES string of the molecule is COc1ccc(C)cc1S(=O)(=O)N(CC(=O)Nc1cc(Cl)c(Cl)cc1Cl)c1cccc(C(F)(F)F)c1. The molecule has 0 heterocycles. The number of halogens is 6. The van der Waals surface area contributed by atoms with Gasteiger partial charge in [0.2, 0.25) is 5.91 Å². The zero-order valence-corrected chi connectivity index (χ0v) is 21.7.